The highest BCUT2D eigenvalue weighted by Crippen LogP contribution is 2.26. The lowest BCUT2D eigenvalue weighted by Crippen LogP contribution is -2.06. The van der Waals surface area contributed by atoms with Gasteiger partial charge in [-0.2, -0.15) is 9.78 Å². The monoisotopic (exact) mass is 271 g/mol. The van der Waals surface area contributed by atoms with Gasteiger partial charge in [-0.15, -0.1) is 11.3 Å². The molecule has 0 saturated heterocycles. The van der Waals surface area contributed by atoms with Gasteiger partial charge < -0.3 is 5.73 Å². The van der Waals surface area contributed by atoms with Crippen molar-refractivity contribution in [2.24, 2.45) is 0 Å². The van der Waals surface area contributed by atoms with Crippen LogP contribution in [0.1, 0.15) is 11.5 Å². The van der Waals surface area contributed by atoms with E-state index in [-0.39, 0.29) is 0 Å². The SMILES string of the molecule is Cc1cc(-n2nc(-c3cccs3)cc2N)nc(C)n1. The van der Waals surface area contributed by atoms with Crippen LogP contribution in [0.2, 0.25) is 0 Å². The molecule has 3 aromatic heterocycles. The van der Waals surface area contributed by atoms with Gasteiger partial charge in [-0.3, -0.25) is 0 Å². The minimum Gasteiger partial charge on any atom is -0.384 e. The van der Waals surface area contributed by atoms with Crippen molar-refractivity contribution in [2.45, 2.75) is 13.8 Å². The van der Waals surface area contributed by atoms with Crippen LogP contribution in [-0.2, 0) is 0 Å². The number of anilines is 1. The average Bonchev–Trinajstić information content (AvgIpc) is 2.95. The first-order chi connectivity index (χ1) is 9.13. The van der Waals surface area contributed by atoms with Crippen LogP contribution < -0.4 is 5.73 Å². The number of hydrogen-bond donors (Lipinski definition) is 1. The van der Waals surface area contributed by atoms with Crippen LogP contribution in [0.5, 0.6) is 0 Å². The lowest BCUT2D eigenvalue weighted by Gasteiger charge is -2.04. The van der Waals surface area contributed by atoms with Crippen molar-refractivity contribution in [3.05, 3.63) is 41.2 Å². The second-order valence-corrected chi connectivity index (χ2v) is 5.21. The van der Waals surface area contributed by atoms with Crippen LogP contribution in [0, 0.1) is 13.8 Å². The number of thiophene rings is 1. The van der Waals surface area contributed by atoms with Crippen molar-refractivity contribution in [1.29, 1.82) is 0 Å². The molecule has 0 amide bonds. The molecule has 0 unspecified atom stereocenters. The van der Waals surface area contributed by atoms with Gasteiger partial charge in [-0.05, 0) is 25.3 Å². The summed E-state index contributed by atoms with van der Waals surface area (Å²) in [7, 11) is 0. The zero-order chi connectivity index (χ0) is 13.4. The highest BCUT2D eigenvalue weighted by molar-refractivity contribution is 7.13. The standard InChI is InChI=1S/C13H13N5S/c1-8-6-13(16-9(2)15-8)18-12(14)7-10(17-18)11-4-3-5-19-11/h3-7H,14H2,1-2H3. The predicted octanol–water partition coefficient (Wildman–Crippen LogP) is 2.59. The zero-order valence-electron chi connectivity index (χ0n) is 10.7. The number of nitrogen functional groups attached to an aromatic ring is 1. The van der Waals surface area contributed by atoms with E-state index in [9.17, 15) is 0 Å². The molecule has 0 fully saturated rings. The Morgan fingerprint density at radius 2 is 2.05 bits per heavy atom. The normalized spacial score (nSPS) is 10.8. The summed E-state index contributed by atoms with van der Waals surface area (Å²) >= 11 is 1.64. The fraction of sp³-hybridized carbons (Fsp3) is 0.154. The molecule has 3 rings (SSSR count). The number of rotatable bonds is 2. The summed E-state index contributed by atoms with van der Waals surface area (Å²) in [5.41, 5.74) is 7.78. The van der Waals surface area contributed by atoms with Crippen LogP contribution in [0.3, 0.4) is 0 Å². The van der Waals surface area contributed by atoms with E-state index in [1.54, 1.807) is 16.0 Å². The van der Waals surface area contributed by atoms with Crippen molar-refractivity contribution in [3.63, 3.8) is 0 Å². The van der Waals surface area contributed by atoms with Crippen LogP contribution in [0.25, 0.3) is 16.4 Å². The second kappa shape index (κ2) is 4.47. The van der Waals surface area contributed by atoms with Crippen LogP contribution in [-0.4, -0.2) is 19.7 Å². The number of nitrogens with zero attached hydrogens (tertiary/aromatic N) is 4. The van der Waals surface area contributed by atoms with Gasteiger partial charge >= 0.3 is 0 Å². The lowest BCUT2D eigenvalue weighted by molar-refractivity contribution is 0.834. The predicted molar refractivity (Wildman–Crippen MR) is 76.4 cm³/mol. The maximum Gasteiger partial charge on any atom is 0.159 e. The first kappa shape index (κ1) is 11.9. The molecular weight excluding hydrogens is 258 g/mol. The van der Waals surface area contributed by atoms with E-state index in [4.69, 9.17) is 5.73 Å². The molecule has 5 nitrogen and oxygen atoms in total. The Morgan fingerprint density at radius 1 is 1.21 bits per heavy atom. The molecule has 0 atom stereocenters. The van der Waals surface area contributed by atoms with Gasteiger partial charge in [-0.1, -0.05) is 6.07 Å². The maximum atomic E-state index is 6.02. The molecular formula is C13H13N5S. The van der Waals surface area contributed by atoms with E-state index in [1.807, 2.05) is 43.5 Å². The fourth-order valence-corrected chi connectivity index (χ4v) is 2.61. The molecule has 0 saturated carbocycles. The van der Waals surface area contributed by atoms with Crippen molar-refractivity contribution < 1.29 is 0 Å². The van der Waals surface area contributed by atoms with Crippen LogP contribution >= 0.6 is 11.3 Å². The quantitative estimate of drug-likeness (QED) is 0.777. The molecule has 0 radical (unpaired) electrons. The Kier molecular flexibility index (Phi) is 2.79. The fourth-order valence-electron chi connectivity index (χ4n) is 1.93. The van der Waals surface area contributed by atoms with Crippen molar-refractivity contribution >= 4 is 17.2 Å². The van der Waals surface area contributed by atoms with Crippen LogP contribution in [0.4, 0.5) is 5.82 Å². The molecule has 19 heavy (non-hydrogen) atoms. The van der Waals surface area contributed by atoms with Gasteiger partial charge in [0.2, 0.25) is 0 Å². The number of hydrogen-bond acceptors (Lipinski definition) is 5. The van der Waals surface area contributed by atoms with E-state index in [1.165, 1.54) is 0 Å². The van der Waals surface area contributed by atoms with Crippen molar-refractivity contribution in [1.82, 2.24) is 19.7 Å². The topological polar surface area (TPSA) is 69.6 Å². The van der Waals surface area contributed by atoms with E-state index in [0.29, 0.717) is 17.5 Å². The smallest absolute Gasteiger partial charge is 0.159 e. The minimum absolute atomic E-state index is 0.570. The molecule has 0 bridgehead atoms. The second-order valence-electron chi connectivity index (χ2n) is 4.26. The minimum atomic E-state index is 0.570. The molecule has 0 aromatic carbocycles. The summed E-state index contributed by atoms with van der Waals surface area (Å²) < 4.78 is 1.65. The summed E-state index contributed by atoms with van der Waals surface area (Å²) in [6, 6.07) is 7.74. The van der Waals surface area contributed by atoms with E-state index in [0.717, 1.165) is 16.3 Å². The maximum absolute atomic E-state index is 6.02. The average molecular weight is 271 g/mol. The van der Waals surface area contributed by atoms with Crippen LogP contribution in [0.15, 0.2) is 29.6 Å². The van der Waals surface area contributed by atoms with Gasteiger partial charge in [0.05, 0.1) is 4.88 Å². The molecule has 2 N–H and O–H groups in total. The molecule has 0 aliphatic carbocycles. The summed E-state index contributed by atoms with van der Waals surface area (Å²) in [6.07, 6.45) is 0. The first-order valence-corrected chi connectivity index (χ1v) is 6.73. The Hall–Kier alpha value is -2.21. The number of aromatic nitrogens is 4. The molecule has 0 aliphatic heterocycles. The lowest BCUT2D eigenvalue weighted by atomic mass is 10.3. The summed E-state index contributed by atoms with van der Waals surface area (Å²) in [6.45, 7) is 3.79. The third-order valence-corrected chi connectivity index (χ3v) is 3.57. The summed E-state index contributed by atoms with van der Waals surface area (Å²) in [4.78, 5) is 9.72. The Morgan fingerprint density at radius 3 is 2.74 bits per heavy atom. The van der Waals surface area contributed by atoms with Crippen molar-refractivity contribution in [2.75, 3.05) is 5.73 Å². The highest BCUT2D eigenvalue weighted by atomic mass is 32.1. The Balaban J connectivity index is 2.10. The Bertz CT molecular complexity index is 694. The van der Waals surface area contributed by atoms with E-state index in [2.05, 4.69) is 15.1 Å². The van der Waals surface area contributed by atoms with Gasteiger partial charge in [-0.25, -0.2) is 9.97 Å². The van der Waals surface area contributed by atoms with E-state index < -0.39 is 0 Å². The molecule has 3 aromatic rings. The molecule has 6 heteroatoms. The molecule has 0 aliphatic rings. The summed E-state index contributed by atoms with van der Waals surface area (Å²) in [5.74, 6) is 1.98. The third-order valence-electron chi connectivity index (χ3n) is 2.68. The largest absolute Gasteiger partial charge is 0.384 e. The first-order valence-electron chi connectivity index (χ1n) is 5.85. The van der Waals surface area contributed by atoms with Crippen molar-refractivity contribution in [3.8, 4) is 16.4 Å². The summed E-state index contributed by atoms with van der Waals surface area (Å²) in [5, 5.41) is 6.53. The highest BCUT2D eigenvalue weighted by Gasteiger charge is 2.11. The van der Waals surface area contributed by atoms with Gasteiger partial charge in [0, 0.05) is 17.8 Å². The van der Waals surface area contributed by atoms with Gasteiger partial charge in [0.1, 0.15) is 17.3 Å². The van der Waals surface area contributed by atoms with Gasteiger partial charge in [0.15, 0.2) is 5.82 Å². The zero-order valence-corrected chi connectivity index (χ0v) is 11.5. The van der Waals surface area contributed by atoms with Gasteiger partial charge in [0.25, 0.3) is 0 Å². The number of aryl methyl sites for hydroxylation is 2. The van der Waals surface area contributed by atoms with E-state index >= 15 is 0 Å². The molecule has 96 valence electrons. The molecule has 3 heterocycles. The molecule has 0 spiro atoms. The Labute approximate surface area is 114 Å². The number of nitrogens with two attached hydrogens (primary N) is 1. The third kappa shape index (κ3) is 2.22.